The van der Waals surface area contributed by atoms with Crippen molar-refractivity contribution >= 4 is 11.6 Å². The normalized spacial score (nSPS) is 20.6. The molecule has 0 saturated carbocycles. The van der Waals surface area contributed by atoms with Gasteiger partial charge in [-0.1, -0.05) is 6.42 Å². The lowest BCUT2D eigenvalue weighted by molar-refractivity contribution is 0.0995. The standard InChI is InChI=1S/C12H18N4O/c13-12(17)11-7-9(4-6-15-11)16-10-3-1-2-5-14-8-10/h4,6-7,10,14H,1-3,5,8H2,(H2,13,17)(H,15,16). The van der Waals surface area contributed by atoms with Crippen LogP contribution in [0.25, 0.3) is 0 Å². The Bertz CT molecular complexity index is 386. The van der Waals surface area contributed by atoms with Crippen LogP contribution in [-0.4, -0.2) is 30.0 Å². The third kappa shape index (κ3) is 3.42. The number of nitrogens with zero attached hydrogens (tertiary/aromatic N) is 1. The van der Waals surface area contributed by atoms with Crippen LogP contribution in [0.5, 0.6) is 0 Å². The highest BCUT2D eigenvalue weighted by Crippen LogP contribution is 2.13. The number of carbonyl (C=O) groups is 1. The van der Waals surface area contributed by atoms with Crippen LogP contribution in [0.15, 0.2) is 18.3 Å². The van der Waals surface area contributed by atoms with Gasteiger partial charge in [0.25, 0.3) is 5.91 Å². The molecular weight excluding hydrogens is 216 g/mol. The van der Waals surface area contributed by atoms with E-state index in [1.54, 1.807) is 12.3 Å². The van der Waals surface area contributed by atoms with Crippen molar-refractivity contribution < 1.29 is 4.79 Å². The lowest BCUT2D eigenvalue weighted by Crippen LogP contribution is -2.31. The van der Waals surface area contributed by atoms with Gasteiger partial charge in [-0.05, 0) is 31.5 Å². The van der Waals surface area contributed by atoms with Crippen molar-refractivity contribution in [1.82, 2.24) is 10.3 Å². The smallest absolute Gasteiger partial charge is 0.267 e. The van der Waals surface area contributed by atoms with E-state index < -0.39 is 5.91 Å². The zero-order valence-electron chi connectivity index (χ0n) is 9.78. The molecule has 0 spiro atoms. The highest BCUT2D eigenvalue weighted by atomic mass is 16.1. The van der Waals surface area contributed by atoms with Crippen molar-refractivity contribution in [3.63, 3.8) is 0 Å². The summed E-state index contributed by atoms with van der Waals surface area (Å²) in [6.45, 7) is 2.04. The molecule has 1 atom stereocenters. The molecule has 0 aromatic carbocycles. The first-order chi connectivity index (χ1) is 8.25. The number of aromatic nitrogens is 1. The predicted molar refractivity (Wildman–Crippen MR) is 66.9 cm³/mol. The summed E-state index contributed by atoms with van der Waals surface area (Å²) in [6, 6.07) is 3.96. The Morgan fingerprint density at radius 3 is 3.24 bits per heavy atom. The van der Waals surface area contributed by atoms with E-state index in [0.29, 0.717) is 11.7 Å². The van der Waals surface area contributed by atoms with E-state index in [4.69, 9.17) is 5.73 Å². The van der Waals surface area contributed by atoms with Crippen molar-refractivity contribution in [1.29, 1.82) is 0 Å². The number of carbonyl (C=O) groups excluding carboxylic acids is 1. The van der Waals surface area contributed by atoms with Gasteiger partial charge >= 0.3 is 0 Å². The Morgan fingerprint density at radius 2 is 2.41 bits per heavy atom. The Balaban J connectivity index is 2.01. The monoisotopic (exact) mass is 234 g/mol. The van der Waals surface area contributed by atoms with Gasteiger partial charge in [0.15, 0.2) is 0 Å². The fraction of sp³-hybridized carbons (Fsp3) is 0.500. The molecular formula is C12H18N4O. The van der Waals surface area contributed by atoms with Gasteiger partial charge in [-0.3, -0.25) is 9.78 Å². The maximum atomic E-state index is 11.0. The predicted octanol–water partition coefficient (Wildman–Crippen LogP) is 0.734. The third-order valence-corrected chi connectivity index (χ3v) is 2.93. The molecule has 92 valence electrons. The van der Waals surface area contributed by atoms with Crippen molar-refractivity contribution in [3.05, 3.63) is 24.0 Å². The number of pyridine rings is 1. The molecule has 2 rings (SSSR count). The van der Waals surface area contributed by atoms with Gasteiger partial charge in [0, 0.05) is 24.5 Å². The maximum Gasteiger partial charge on any atom is 0.267 e. The fourth-order valence-corrected chi connectivity index (χ4v) is 2.03. The molecule has 1 fully saturated rings. The van der Waals surface area contributed by atoms with Gasteiger partial charge in [-0.15, -0.1) is 0 Å². The summed E-state index contributed by atoms with van der Waals surface area (Å²) < 4.78 is 0. The summed E-state index contributed by atoms with van der Waals surface area (Å²) in [5.74, 6) is -0.493. The Kier molecular flexibility index (Phi) is 3.93. The molecule has 0 radical (unpaired) electrons. The van der Waals surface area contributed by atoms with Crippen LogP contribution < -0.4 is 16.4 Å². The summed E-state index contributed by atoms with van der Waals surface area (Å²) in [5.41, 5.74) is 6.41. The van der Waals surface area contributed by atoms with Crippen LogP contribution in [0, 0.1) is 0 Å². The molecule has 1 aliphatic rings. The SMILES string of the molecule is NC(=O)c1cc(NC2CCCCNC2)ccn1. The Labute approximate surface area is 101 Å². The minimum Gasteiger partial charge on any atom is -0.381 e. The fourth-order valence-electron chi connectivity index (χ4n) is 2.03. The number of amides is 1. The number of nitrogens with two attached hydrogens (primary N) is 1. The van der Waals surface area contributed by atoms with E-state index in [-0.39, 0.29) is 0 Å². The van der Waals surface area contributed by atoms with Gasteiger partial charge in [-0.25, -0.2) is 0 Å². The van der Waals surface area contributed by atoms with Gasteiger partial charge in [0.1, 0.15) is 5.69 Å². The molecule has 1 aromatic rings. The second-order valence-electron chi connectivity index (χ2n) is 4.34. The maximum absolute atomic E-state index is 11.0. The molecule has 1 unspecified atom stereocenters. The van der Waals surface area contributed by atoms with Gasteiger partial charge in [0.05, 0.1) is 0 Å². The highest BCUT2D eigenvalue weighted by Gasteiger charge is 2.12. The minimum atomic E-state index is -0.493. The summed E-state index contributed by atoms with van der Waals surface area (Å²) in [5, 5.41) is 6.79. The van der Waals surface area contributed by atoms with Crippen LogP contribution in [0.1, 0.15) is 29.8 Å². The van der Waals surface area contributed by atoms with Crippen LogP contribution in [0.3, 0.4) is 0 Å². The van der Waals surface area contributed by atoms with Crippen molar-refractivity contribution in [2.75, 3.05) is 18.4 Å². The van der Waals surface area contributed by atoms with Crippen LogP contribution in [0.2, 0.25) is 0 Å². The number of hydrogen-bond acceptors (Lipinski definition) is 4. The van der Waals surface area contributed by atoms with Crippen molar-refractivity contribution in [3.8, 4) is 0 Å². The van der Waals surface area contributed by atoms with Crippen LogP contribution >= 0.6 is 0 Å². The molecule has 1 aliphatic heterocycles. The summed E-state index contributed by atoms with van der Waals surface area (Å²) >= 11 is 0. The van der Waals surface area contributed by atoms with Gasteiger partial charge < -0.3 is 16.4 Å². The zero-order valence-corrected chi connectivity index (χ0v) is 9.78. The average Bonchev–Trinajstić information content (AvgIpc) is 2.58. The number of anilines is 1. The zero-order chi connectivity index (χ0) is 12.1. The number of nitrogens with one attached hydrogen (secondary N) is 2. The minimum absolute atomic E-state index is 0.302. The van der Waals surface area contributed by atoms with Gasteiger partial charge in [0.2, 0.25) is 0 Å². The number of primary amides is 1. The topological polar surface area (TPSA) is 80.0 Å². The molecule has 17 heavy (non-hydrogen) atoms. The largest absolute Gasteiger partial charge is 0.381 e. The number of hydrogen-bond donors (Lipinski definition) is 3. The molecule has 5 heteroatoms. The van der Waals surface area contributed by atoms with E-state index in [1.165, 1.54) is 12.8 Å². The average molecular weight is 234 g/mol. The molecule has 0 aliphatic carbocycles. The van der Waals surface area contributed by atoms with E-state index in [0.717, 1.165) is 25.2 Å². The first kappa shape index (κ1) is 11.9. The summed E-state index contributed by atoms with van der Waals surface area (Å²) in [6.07, 6.45) is 5.19. The van der Waals surface area contributed by atoms with E-state index in [9.17, 15) is 4.79 Å². The summed E-state index contributed by atoms with van der Waals surface area (Å²) in [7, 11) is 0. The number of rotatable bonds is 3. The quantitative estimate of drug-likeness (QED) is 0.720. The van der Waals surface area contributed by atoms with E-state index in [1.807, 2.05) is 6.07 Å². The van der Waals surface area contributed by atoms with Crippen LogP contribution in [0.4, 0.5) is 5.69 Å². The first-order valence-corrected chi connectivity index (χ1v) is 5.99. The van der Waals surface area contributed by atoms with Gasteiger partial charge in [-0.2, -0.15) is 0 Å². The molecule has 4 N–H and O–H groups in total. The lowest BCUT2D eigenvalue weighted by Gasteiger charge is -2.17. The molecule has 0 bridgehead atoms. The Morgan fingerprint density at radius 1 is 1.53 bits per heavy atom. The molecule has 1 saturated heterocycles. The second kappa shape index (κ2) is 5.63. The van der Waals surface area contributed by atoms with Crippen molar-refractivity contribution in [2.24, 2.45) is 5.73 Å². The molecule has 1 aromatic heterocycles. The third-order valence-electron chi connectivity index (χ3n) is 2.93. The van der Waals surface area contributed by atoms with Crippen LogP contribution in [-0.2, 0) is 0 Å². The summed E-state index contributed by atoms with van der Waals surface area (Å²) in [4.78, 5) is 14.9. The van der Waals surface area contributed by atoms with E-state index in [2.05, 4.69) is 15.6 Å². The lowest BCUT2D eigenvalue weighted by atomic mass is 10.1. The molecule has 1 amide bonds. The second-order valence-corrected chi connectivity index (χ2v) is 4.34. The molecule has 2 heterocycles. The first-order valence-electron chi connectivity index (χ1n) is 5.99. The van der Waals surface area contributed by atoms with Crippen molar-refractivity contribution in [2.45, 2.75) is 25.3 Å². The van der Waals surface area contributed by atoms with E-state index >= 15 is 0 Å². The highest BCUT2D eigenvalue weighted by molar-refractivity contribution is 5.91. The Hall–Kier alpha value is -1.62. The molecule has 5 nitrogen and oxygen atoms in total.